The molecule has 10 heteroatoms. The minimum absolute atomic E-state index is 0.00421. The Balaban J connectivity index is 1.57. The van der Waals surface area contributed by atoms with E-state index in [2.05, 4.69) is 9.97 Å². The summed E-state index contributed by atoms with van der Waals surface area (Å²) >= 11 is 0. The monoisotopic (exact) mass is 552 g/mol. The van der Waals surface area contributed by atoms with Crippen LogP contribution < -0.4 is 0 Å². The van der Waals surface area contributed by atoms with Gasteiger partial charge in [0.15, 0.2) is 0 Å². The fourth-order valence-electron chi connectivity index (χ4n) is 5.17. The van der Waals surface area contributed by atoms with E-state index in [9.17, 15) is 20.2 Å². The van der Waals surface area contributed by atoms with Gasteiger partial charge in [-0.25, -0.2) is 9.97 Å². The van der Waals surface area contributed by atoms with Crippen molar-refractivity contribution in [3.63, 3.8) is 0 Å². The topological polar surface area (TPSA) is 144 Å². The average Bonchev–Trinajstić information content (AvgIpc) is 3.80. The smallest absolute Gasteiger partial charge is 0.269 e. The molecule has 7 rings (SSSR count). The number of H-pyrrole nitrogens is 2. The maximum atomic E-state index is 11.3. The van der Waals surface area contributed by atoms with Gasteiger partial charge in [-0.1, -0.05) is 0 Å². The lowest BCUT2D eigenvalue weighted by atomic mass is 10.0. The molecule has 42 heavy (non-hydrogen) atoms. The Morgan fingerprint density at radius 1 is 0.524 bits per heavy atom. The molecule has 2 N–H and O–H groups in total. The van der Waals surface area contributed by atoms with Crippen molar-refractivity contribution in [3.05, 3.63) is 128 Å². The molecule has 202 valence electrons. The summed E-state index contributed by atoms with van der Waals surface area (Å²) in [7, 11) is 0. The lowest BCUT2D eigenvalue weighted by Gasteiger charge is -2.06. The van der Waals surface area contributed by atoms with E-state index in [1.165, 1.54) is 24.3 Å². The Morgan fingerprint density at radius 2 is 1.02 bits per heavy atom. The van der Waals surface area contributed by atoms with E-state index in [4.69, 9.17) is 9.97 Å². The number of nitrogens with zero attached hydrogens (tertiary/aromatic N) is 4. The van der Waals surface area contributed by atoms with Crippen molar-refractivity contribution in [2.75, 3.05) is 0 Å². The van der Waals surface area contributed by atoms with Crippen molar-refractivity contribution >= 4 is 57.7 Å². The number of nitro groups is 2. The highest BCUT2D eigenvalue weighted by molar-refractivity contribution is 5.94. The molecule has 0 spiro atoms. The SMILES string of the molecule is O=[N+]([O-])c1ccc(-c2c3nc(cc4ccc(cc5ccc([nH]5)c(-c5ccc([N+](=O)[O-])cc5)c5nc2C=C5)[nH]4)C=C3)cc1. The highest BCUT2D eigenvalue weighted by atomic mass is 16.6. The van der Waals surface area contributed by atoms with Crippen molar-refractivity contribution in [2.24, 2.45) is 0 Å². The van der Waals surface area contributed by atoms with Crippen LogP contribution in [0.4, 0.5) is 11.4 Å². The number of non-ortho nitro benzene ring substituents is 2. The third-order valence-electron chi connectivity index (χ3n) is 7.13. The highest BCUT2D eigenvalue weighted by Crippen LogP contribution is 2.35. The predicted molar refractivity (Wildman–Crippen MR) is 163 cm³/mol. The van der Waals surface area contributed by atoms with Crippen molar-refractivity contribution < 1.29 is 9.85 Å². The summed E-state index contributed by atoms with van der Waals surface area (Å²) in [4.78, 5) is 38.5. The van der Waals surface area contributed by atoms with Gasteiger partial charge >= 0.3 is 0 Å². The maximum Gasteiger partial charge on any atom is 0.269 e. The summed E-state index contributed by atoms with van der Waals surface area (Å²) in [6.45, 7) is 0. The number of nitrogens with one attached hydrogen (secondary N) is 2. The largest absolute Gasteiger partial charge is 0.355 e. The zero-order valence-corrected chi connectivity index (χ0v) is 21.8. The van der Waals surface area contributed by atoms with Gasteiger partial charge in [-0.05, 0) is 96.1 Å². The summed E-state index contributed by atoms with van der Waals surface area (Å²) in [5.41, 5.74) is 9.09. The Labute approximate surface area is 237 Å². The minimum atomic E-state index is -0.432. The zero-order chi connectivity index (χ0) is 28.8. The molecule has 0 saturated carbocycles. The number of nitro benzene ring substituents is 2. The molecule has 3 aromatic heterocycles. The number of rotatable bonds is 4. The quantitative estimate of drug-likeness (QED) is 0.168. The Hall–Kier alpha value is -6.16. The van der Waals surface area contributed by atoms with E-state index < -0.39 is 9.85 Å². The van der Waals surface area contributed by atoms with Gasteiger partial charge in [0.2, 0.25) is 0 Å². The Morgan fingerprint density at radius 3 is 1.67 bits per heavy atom. The molecule has 0 amide bonds. The van der Waals surface area contributed by atoms with Gasteiger partial charge in [-0.2, -0.15) is 0 Å². The van der Waals surface area contributed by atoms with E-state index in [1.807, 2.05) is 60.7 Å². The molecule has 0 radical (unpaired) electrons. The minimum Gasteiger partial charge on any atom is -0.355 e. The molecule has 0 fully saturated rings. The normalized spacial score (nSPS) is 12.0. The van der Waals surface area contributed by atoms with E-state index in [-0.39, 0.29) is 11.4 Å². The first-order valence-electron chi connectivity index (χ1n) is 13.0. The van der Waals surface area contributed by atoms with Crippen LogP contribution >= 0.6 is 0 Å². The van der Waals surface area contributed by atoms with Crippen LogP contribution in [0.2, 0.25) is 0 Å². The van der Waals surface area contributed by atoms with Crippen LogP contribution in [0.1, 0.15) is 22.8 Å². The summed E-state index contributed by atoms with van der Waals surface area (Å²) in [6.07, 6.45) is 7.61. The summed E-state index contributed by atoms with van der Waals surface area (Å²) < 4.78 is 0. The molecular weight excluding hydrogens is 532 g/mol. The standard InChI is InChI=1S/C32H20N6O4/c39-37(40)25-9-1-19(2-10-25)31-27-13-7-23(34-27)17-21-5-6-22(33-21)18-24-8-14-28(35-24)32(30-16-15-29(31)36-30)20-3-11-26(12-4-20)38(41)42/h1-18,33-34H. The number of aromatic nitrogens is 4. The second-order valence-corrected chi connectivity index (χ2v) is 9.81. The molecule has 0 aliphatic carbocycles. The molecule has 2 aromatic carbocycles. The van der Waals surface area contributed by atoms with Gasteiger partial charge in [0.05, 0.1) is 32.6 Å². The van der Waals surface area contributed by atoms with E-state index in [0.717, 1.165) is 50.0 Å². The fraction of sp³-hybridized carbons (Fsp3) is 0. The molecule has 5 aromatic rings. The summed E-state index contributed by atoms with van der Waals surface area (Å²) in [6, 6.07) is 24.5. The molecule has 2 aliphatic rings. The van der Waals surface area contributed by atoms with Gasteiger partial charge in [0, 0.05) is 57.5 Å². The number of aromatic amines is 2. The number of hydrogen-bond donors (Lipinski definition) is 2. The summed E-state index contributed by atoms with van der Waals surface area (Å²) in [5, 5.41) is 22.6. The van der Waals surface area contributed by atoms with Gasteiger partial charge in [-0.3, -0.25) is 20.2 Å². The lowest BCUT2D eigenvalue weighted by molar-refractivity contribution is -0.385. The van der Waals surface area contributed by atoms with Crippen LogP contribution in [0.5, 0.6) is 0 Å². The van der Waals surface area contributed by atoms with Crippen LogP contribution in [0, 0.1) is 20.2 Å². The first-order chi connectivity index (χ1) is 20.4. The van der Waals surface area contributed by atoms with Crippen molar-refractivity contribution in [1.29, 1.82) is 0 Å². The summed E-state index contributed by atoms with van der Waals surface area (Å²) in [5.74, 6) is 0. The van der Waals surface area contributed by atoms with E-state index in [1.54, 1.807) is 24.3 Å². The molecule has 10 nitrogen and oxygen atoms in total. The molecule has 0 saturated heterocycles. The first-order valence-corrected chi connectivity index (χ1v) is 13.0. The zero-order valence-electron chi connectivity index (χ0n) is 21.8. The molecule has 0 atom stereocenters. The maximum absolute atomic E-state index is 11.3. The van der Waals surface area contributed by atoms with Gasteiger partial charge in [0.25, 0.3) is 11.4 Å². The number of hydrogen-bond acceptors (Lipinski definition) is 6. The lowest BCUT2D eigenvalue weighted by Crippen LogP contribution is -1.92. The first kappa shape index (κ1) is 24.9. The van der Waals surface area contributed by atoms with E-state index in [0.29, 0.717) is 17.1 Å². The predicted octanol–water partition coefficient (Wildman–Crippen LogP) is 7.81. The number of fused-ring (bicyclic) bond motifs is 8. The second-order valence-electron chi connectivity index (χ2n) is 9.81. The van der Waals surface area contributed by atoms with Gasteiger partial charge < -0.3 is 9.97 Å². The van der Waals surface area contributed by atoms with Crippen LogP contribution in [-0.4, -0.2) is 29.8 Å². The highest BCUT2D eigenvalue weighted by Gasteiger charge is 2.18. The third-order valence-corrected chi connectivity index (χ3v) is 7.13. The number of benzene rings is 2. The van der Waals surface area contributed by atoms with Crippen molar-refractivity contribution in [1.82, 2.24) is 19.9 Å². The Bertz CT molecular complexity index is 2140. The van der Waals surface area contributed by atoms with Crippen LogP contribution in [-0.2, 0) is 0 Å². The third kappa shape index (κ3) is 4.52. The Kier molecular flexibility index (Phi) is 5.79. The fourth-order valence-corrected chi connectivity index (χ4v) is 5.17. The van der Waals surface area contributed by atoms with Crippen LogP contribution in [0.3, 0.4) is 0 Å². The van der Waals surface area contributed by atoms with Crippen molar-refractivity contribution in [3.8, 4) is 22.3 Å². The van der Waals surface area contributed by atoms with Crippen LogP contribution in [0.15, 0.2) is 84.9 Å². The second kappa shape index (κ2) is 9.79. The average molecular weight is 553 g/mol. The molecule has 5 heterocycles. The van der Waals surface area contributed by atoms with Gasteiger partial charge in [-0.15, -0.1) is 0 Å². The molecular formula is C32H20N6O4. The molecule has 2 aliphatic heterocycles. The molecule has 8 bridgehead atoms. The van der Waals surface area contributed by atoms with E-state index >= 15 is 0 Å². The van der Waals surface area contributed by atoms with Crippen LogP contribution in [0.25, 0.3) is 68.6 Å². The van der Waals surface area contributed by atoms with Crippen molar-refractivity contribution in [2.45, 2.75) is 0 Å². The van der Waals surface area contributed by atoms with Gasteiger partial charge in [0.1, 0.15) is 0 Å². The molecule has 0 unspecified atom stereocenters.